The Bertz CT molecular complexity index is 471. The van der Waals surface area contributed by atoms with Gasteiger partial charge in [-0.15, -0.1) is 0 Å². The van der Waals surface area contributed by atoms with E-state index in [9.17, 15) is 4.79 Å². The molecule has 5 nitrogen and oxygen atoms in total. The first-order chi connectivity index (χ1) is 10.7. The molecule has 1 aliphatic rings. The number of benzene rings is 1. The van der Waals surface area contributed by atoms with Gasteiger partial charge in [-0.1, -0.05) is 19.1 Å². The molecule has 0 unspecified atom stereocenters. The van der Waals surface area contributed by atoms with Crippen LogP contribution in [0.5, 0.6) is 5.75 Å². The average molecular weight is 305 g/mol. The standard InChI is InChI=1S/C17H27N3O2/c1-3-6-17(21)18-9-10-19-11-13-20(14-12-19)15-7-4-5-8-16(15)22-2/h4-5,7-8H,3,6,9-14H2,1-2H3,(H,18,21). The summed E-state index contributed by atoms with van der Waals surface area (Å²) in [5.74, 6) is 1.10. The van der Waals surface area contributed by atoms with Crippen molar-refractivity contribution in [2.45, 2.75) is 19.8 Å². The second kappa shape index (κ2) is 8.63. The van der Waals surface area contributed by atoms with Crippen LogP contribution in [-0.2, 0) is 4.79 Å². The fraction of sp³-hybridized carbons (Fsp3) is 0.588. The van der Waals surface area contributed by atoms with Gasteiger partial charge in [0, 0.05) is 45.7 Å². The maximum atomic E-state index is 11.4. The van der Waals surface area contributed by atoms with Gasteiger partial charge in [-0.25, -0.2) is 0 Å². The van der Waals surface area contributed by atoms with E-state index in [0.29, 0.717) is 6.42 Å². The molecule has 0 spiro atoms. The van der Waals surface area contributed by atoms with E-state index in [1.165, 1.54) is 5.69 Å². The highest BCUT2D eigenvalue weighted by molar-refractivity contribution is 5.75. The van der Waals surface area contributed by atoms with E-state index >= 15 is 0 Å². The Morgan fingerprint density at radius 1 is 1.23 bits per heavy atom. The van der Waals surface area contributed by atoms with E-state index < -0.39 is 0 Å². The average Bonchev–Trinajstić information content (AvgIpc) is 2.56. The van der Waals surface area contributed by atoms with Crippen LogP contribution in [0.15, 0.2) is 24.3 Å². The molecular weight excluding hydrogens is 278 g/mol. The van der Waals surface area contributed by atoms with Gasteiger partial charge in [0.1, 0.15) is 5.75 Å². The van der Waals surface area contributed by atoms with Crippen LogP contribution in [-0.4, -0.2) is 57.2 Å². The van der Waals surface area contributed by atoms with E-state index in [0.717, 1.165) is 51.4 Å². The quantitative estimate of drug-likeness (QED) is 0.833. The minimum absolute atomic E-state index is 0.162. The summed E-state index contributed by atoms with van der Waals surface area (Å²) in [5, 5.41) is 2.98. The normalized spacial score (nSPS) is 15.6. The monoisotopic (exact) mass is 305 g/mol. The van der Waals surface area contributed by atoms with Crippen LogP contribution in [0.1, 0.15) is 19.8 Å². The summed E-state index contributed by atoms with van der Waals surface area (Å²) in [6, 6.07) is 8.16. The summed E-state index contributed by atoms with van der Waals surface area (Å²) < 4.78 is 5.44. The number of rotatable bonds is 7. The number of nitrogens with zero attached hydrogens (tertiary/aromatic N) is 2. The first kappa shape index (κ1) is 16.6. The van der Waals surface area contributed by atoms with Crippen LogP contribution in [0, 0.1) is 0 Å². The highest BCUT2D eigenvalue weighted by Crippen LogP contribution is 2.28. The van der Waals surface area contributed by atoms with Crippen LogP contribution < -0.4 is 15.0 Å². The lowest BCUT2D eigenvalue weighted by Gasteiger charge is -2.36. The van der Waals surface area contributed by atoms with Crippen LogP contribution in [0.2, 0.25) is 0 Å². The number of hydrogen-bond donors (Lipinski definition) is 1. The van der Waals surface area contributed by atoms with Crippen molar-refractivity contribution in [1.82, 2.24) is 10.2 Å². The highest BCUT2D eigenvalue weighted by Gasteiger charge is 2.19. The molecule has 1 aromatic carbocycles. The molecule has 0 aliphatic carbocycles. The number of hydrogen-bond acceptors (Lipinski definition) is 4. The molecular formula is C17H27N3O2. The van der Waals surface area contributed by atoms with Gasteiger partial charge in [0.05, 0.1) is 12.8 Å². The number of piperazine rings is 1. The Kier molecular flexibility index (Phi) is 6.52. The van der Waals surface area contributed by atoms with Crippen LogP contribution in [0.25, 0.3) is 0 Å². The van der Waals surface area contributed by atoms with Gasteiger partial charge in [0.25, 0.3) is 0 Å². The van der Waals surface area contributed by atoms with E-state index in [2.05, 4.69) is 21.2 Å². The zero-order valence-corrected chi connectivity index (χ0v) is 13.7. The first-order valence-electron chi connectivity index (χ1n) is 8.11. The molecule has 0 bridgehead atoms. The van der Waals surface area contributed by atoms with Gasteiger partial charge in [-0.3, -0.25) is 9.69 Å². The molecule has 1 aliphatic heterocycles. The van der Waals surface area contributed by atoms with Gasteiger partial charge in [-0.2, -0.15) is 0 Å². The first-order valence-corrected chi connectivity index (χ1v) is 8.11. The molecule has 2 rings (SSSR count). The van der Waals surface area contributed by atoms with E-state index in [-0.39, 0.29) is 5.91 Å². The lowest BCUT2D eigenvalue weighted by Crippen LogP contribution is -2.48. The second-order valence-electron chi connectivity index (χ2n) is 5.60. The molecule has 122 valence electrons. The molecule has 1 amide bonds. The molecule has 1 saturated heterocycles. The minimum Gasteiger partial charge on any atom is -0.495 e. The molecule has 0 saturated carbocycles. The zero-order valence-electron chi connectivity index (χ0n) is 13.7. The van der Waals surface area contributed by atoms with Gasteiger partial charge < -0.3 is 15.0 Å². The van der Waals surface area contributed by atoms with Crippen molar-refractivity contribution in [3.8, 4) is 5.75 Å². The largest absolute Gasteiger partial charge is 0.495 e. The fourth-order valence-corrected chi connectivity index (χ4v) is 2.77. The summed E-state index contributed by atoms with van der Waals surface area (Å²) in [6.07, 6.45) is 1.53. The fourth-order valence-electron chi connectivity index (χ4n) is 2.77. The third-order valence-electron chi connectivity index (χ3n) is 4.03. The highest BCUT2D eigenvalue weighted by atomic mass is 16.5. The summed E-state index contributed by atoms with van der Waals surface area (Å²) in [6.45, 7) is 7.70. The van der Waals surface area contributed by atoms with Gasteiger partial charge >= 0.3 is 0 Å². The summed E-state index contributed by atoms with van der Waals surface area (Å²) in [4.78, 5) is 16.2. The lowest BCUT2D eigenvalue weighted by molar-refractivity contribution is -0.121. The van der Waals surface area contributed by atoms with Crippen LogP contribution in [0.4, 0.5) is 5.69 Å². The Labute approximate surface area is 133 Å². The molecule has 1 N–H and O–H groups in total. The third-order valence-corrected chi connectivity index (χ3v) is 4.03. The minimum atomic E-state index is 0.162. The maximum absolute atomic E-state index is 11.4. The van der Waals surface area contributed by atoms with Crippen molar-refractivity contribution in [3.63, 3.8) is 0 Å². The third kappa shape index (κ3) is 4.63. The maximum Gasteiger partial charge on any atom is 0.220 e. The molecule has 0 atom stereocenters. The summed E-state index contributed by atoms with van der Waals surface area (Å²) >= 11 is 0. The smallest absolute Gasteiger partial charge is 0.220 e. The van der Waals surface area contributed by atoms with E-state index in [1.54, 1.807) is 7.11 Å². The molecule has 1 heterocycles. The number of nitrogens with one attached hydrogen (secondary N) is 1. The predicted molar refractivity (Wildman–Crippen MR) is 89.6 cm³/mol. The Morgan fingerprint density at radius 2 is 1.95 bits per heavy atom. The van der Waals surface area contributed by atoms with Gasteiger partial charge in [0.15, 0.2) is 0 Å². The van der Waals surface area contributed by atoms with E-state index in [1.807, 2.05) is 25.1 Å². The molecule has 0 radical (unpaired) electrons. The number of carbonyl (C=O) groups excluding carboxylic acids is 1. The number of ether oxygens (including phenoxy) is 1. The number of methoxy groups -OCH3 is 1. The van der Waals surface area contributed by atoms with Crippen molar-refractivity contribution < 1.29 is 9.53 Å². The van der Waals surface area contributed by atoms with Crippen molar-refractivity contribution in [1.29, 1.82) is 0 Å². The van der Waals surface area contributed by atoms with Crippen molar-refractivity contribution in [2.75, 3.05) is 51.3 Å². The summed E-state index contributed by atoms with van der Waals surface area (Å²) in [5.41, 5.74) is 1.17. The van der Waals surface area contributed by atoms with Crippen molar-refractivity contribution in [2.24, 2.45) is 0 Å². The zero-order chi connectivity index (χ0) is 15.8. The van der Waals surface area contributed by atoms with Gasteiger partial charge in [0.2, 0.25) is 5.91 Å². The number of carbonyl (C=O) groups is 1. The molecule has 0 aromatic heterocycles. The molecule has 1 fully saturated rings. The second-order valence-corrected chi connectivity index (χ2v) is 5.60. The SMILES string of the molecule is CCCC(=O)NCCN1CCN(c2ccccc2OC)CC1. The molecule has 1 aromatic rings. The van der Waals surface area contributed by atoms with E-state index in [4.69, 9.17) is 4.74 Å². The Hall–Kier alpha value is -1.75. The Balaban J connectivity index is 1.75. The van der Waals surface area contributed by atoms with Crippen molar-refractivity contribution >= 4 is 11.6 Å². The molecule has 5 heteroatoms. The predicted octanol–water partition coefficient (Wildman–Crippen LogP) is 1.73. The lowest BCUT2D eigenvalue weighted by atomic mass is 10.2. The van der Waals surface area contributed by atoms with Gasteiger partial charge in [-0.05, 0) is 18.6 Å². The Morgan fingerprint density at radius 3 is 2.64 bits per heavy atom. The summed E-state index contributed by atoms with van der Waals surface area (Å²) in [7, 11) is 1.72. The van der Waals surface area contributed by atoms with Crippen LogP contribution >= 0.6 is 0 Å². The van der Waals surface area contributed by atoms with Crippen molar-refractivity contribution in [3.05, 3.63) is 24.3 Å². The van der Waals surface area contributed by atoms with Crippen LogP contribution in [0.3, 0.4) is 0 Å². The molecule has 22 heavy (non-hydrogen) atoms. The number of amides is 1. The number of para-hydroxylation sites is 2. The topological polar surface area (TPSA) is 44.8 Å². The number of anilines is 1.